The van der Waals surface area contributed by atoms with Crippen molar-refractivity contribution in [3.8, 4) is 45.3 Å². The molecule has 3 nitrogen and oxygen atoms in total. The van der Waals surface area contributed by atoms with Crippen molar-refractivity contribution in [2.24, 2.45) is 0 Å². The number of benzene rings is 11. The van der Waals surface area contributed by atoms with Crippen LogP contribution in [0.4, 0.5) is 43.4 Å². The summed E-state index contributed by atoms with van der Waals surface area (Å²) in [5, 5.41) is 0. The van der Waals surface area contributed by atoms with Gasteiger partial charge in [-0.1, -0.05) is 165 Å². The molecule has 0 spiro atoms. The smallest absolute Gasteiger partial charge is 0.194 e. The molecule has 0 N–H and O–H groups in total. The molecule has 0 heterocycles. The number of anilines is 3. The first-order chi connectivity index (χ1) is 39.5. The van der Waals surface area contributed by atoms with Crippen molar-refractivity contribution in [2.75, 3.05) is 4.90 Å². The highest BCUT2D eigenvalue weighted by atomic mass is 19.2. The van der Waals surface area contributed by atoms with Crippen LogP contribution in [0.5, 0.6) is 23.0 Å². The first kappa shape index (κ1) is 50.4. The van der Waals surface area contributed by atoms with E-state index >= 15 is 26.3 Å². The molecular weight excluding hydrogens is 1020 g/mol. The summed E-state index contributed by atoms with van der Waals surface area (Å²) in [7, 11) is 0. The third-order valence-electron chi connectivity index (χ3n) is 15.7. The van der Waals surface area contributed by atoms with Gasteiger partial charge in [0.25, 0.3) is 0 Å². The Hall–Kier alpha value is -10.1. The molecule has 392 valence electrons. The number of para-hydroxylation sites is 1. The minimum atomic E-state index is -1.61. The van der Waals surface area contributed by atoms with E-state index in [1.165, 1.54) is 12.1 Å². The first-order valence-corrected chi connectivity index (χ1v) is 26.2. The number of rotatable bonds is 13. The Bertz CT molecular complexity index is 4020. The fraction of sp³-hybridized carbons (Fsp3) is 0.0278. The van der Waals surface area contributed by atoms with Gasteiger partial charge in [-0.05, 0) is 164 Å². The van der Waals surface area contributed by atoms with Crippen LogP contribution < -0.4 is 14.4 Å². The van der Waals surface area contributed by atoms with Crippen LogP contribution in [0.2, 0.25) is 0 Å². The van der Waals surface area contributed by atoms with E-state index in [0.29, 0.717) is 73.4 Å². The van der Waals surface area contributed by atoms with Gasteiger partial charge in [-0.25, -0.2) is 26.3 Å². The number of nitrogens with zero attached hydrogens (tertiary/aromatic N) is 1. The quantitative estimate of drug-likeness (QED) is 0.0848. The Morgan fingerprint density at radius 3 is 1.06 bits per heavy atom. The lowest BCUT2D eigenvalue weighted by molar-refractivity contribution is 0.435. The molecule has 2 unspecified atom stereocenters. The topological polar surface area (TPSA) is 21.7 Å². The molecule has 2 aliphatic rings. The van der Waals surface area contributed by atoms with E-state index in [1.807, 2.05) is 193 Å². The lowest BCUT2D eigenvalue weighted by atomic mass is 9.67. The van der Waals surface area contributed by atoms with Gasteiger partial charge in [-0.15, -0.1) is 0 Å². The molecular formula is C72H45F6NO2. The molecule has 0 bridgehead atoms. The second kappa shape index (κ2) is 20.0. The van der Waals surface area contributed by atoms with Gasteiger partial charge in [0.15, 0.2) is 34.9 Å². The van der Waals surface area contributed by atoms with Crippen LogP contribution in [0.15, 0.2) is 250 Å². The number of hydrogen-bond donors (Lipinski definition) is 0. The number of fused-ring (bicyclic) bond motifs is 6. The Labute approximate surface area is 464 Å². The van der Waals surface area contributed by atoms with E-state index in [4.69, 9.17) is 9.47 Å². The van der Waals surface area contributed by atoms with Crippen LogP contribution in [0.3, 0.4) is 0 Å². The second-order valence-corrected chi connectivity index (χ2v) is 20.0. The predicted octanol–water partition coefficient (Wildman–Crippen LogP) is 19.6. The fourth-order valence-electron chi connectivity index (χ4n) is 12.1. The monoisotopic (exact) mass is 1070 g/mol. The Balaban J connectivity index is 1.02. The van der Waals surface area contributed by atoms with Crippen LogP contribution in [0.1, 0.15) is 55.6 Å². The van der Waals surface area contributed by atoms with Crippen LogP contribution >= 0.6 is 0 Å². The number of halogens is 6. The third-order valence-corrected chi connectivity index (χ3v) is 15.7. The Morgan fingerprint density at radius 2 is 0.667 bits per heavy atom. The molecule has 2 atom stereocenters. The summed E-state index contributed by atoms with van der Waals surface area (Å²) in [5.41, 5.74) is 6.84. The maximum absolute atomic E-state index is 17.1. The van der Waals surface area contributed by atoms with Crippen LogP contribution in [-0.4, -0.2) is 0 Å². The van der Waals surface area contributed by atoms with Crippen LogP contribution in [-0.2, 0) is 10.8 Å². The Kier molecular flexibility index (Phi) is 12.4. The molecule has 0 fully saturated rings. The lowest BCUT2D eigenvalue weighted by Crippen LogP contribution is -2.31. The molecule has 0 saturated carbocycles. The van der Waals surface area contributed by atoms with Crippen molar-refractivity contribution in [1.29, 1.82) is 0 Å². The standard InChI is InChI=1S/C72H45F6NO2/c1-3-44-18-28-51(29-19-44)80-53-32-22-46(23-33-53)71(61-38-40-65(73)69(77)67(61)75)59-16-10-8-14-55(59)57-36-26-49(42-63(57)71)79(48-12-6-5-7-13-48)50-27-37-58-56-15-9-11-17-60(56)72(64(58)43-50,62-39-41-66(74)70(78)68(62)76)47-24-34-54(35-25-47)81-52-30-20-45(4-2)21-31-52/h3-43H,1-2H2. The van der Waals surface area contributed by atoms with Gasteiger partial charge in [0, 0.05) is 28.2 Å². The SMILES string of the molecule is C=Cc1ccc(Oc2ccc(C3(c4ccc(F)c(F)c4F)c4ccccc4-c4ccc(N(c5ccccc5)c5ccc6c(c5)C(c5ccc(Oc7ccc(C=C)cc7)cc5)(c5ccc(F)c(F)c5F)c5ccccc5-6)cc43)cc2)cc1. The normalized spacial score (nSPS) is 15.5. The van der Waals surface area contributed by atoms with E-state index in [9.17, 15) is 0 Å². The van der Waals surface area contributed by atoms with Gasteiger partial charge in [0.1, 0.15) is 23.0 Å². The first-order valence-electron chi connectivity index (χ1n) is 26.2. The van der Waals surface area contributed by atoms with Crippen molar-refractivity contribution >= 4 is 29.2 Å². The zero-order valence-corrected chi connectivity index (χ0v) is 43.1. The van der Waals surface area contributed by atoms with E-state index in [1.54, 1.807) is 36.4 Å². The highest BCUT2D eigenvalue weighted by Crippen LogP contribution is 2.60. The lowest BCUT2D eigenvalue weighted by Gasteiger charge is -2.36. The summed E-state index contributed by atoms with van der Waals surface area (Å²) in [5.74, 6) is -6.43. The van der Waals surface area contributed by atoms with Crippen molar-refractivity contribution in [3.05, 3.63) is 340 Å². The molecule has 11 aromatic rings. The zero-order valence-electron chi connectivity index (χ0n) is 43.1. The van der Waals surface area contributed by atoms with Gasteiger partial charge in [-0.2, -0.15) is 0 Å². The van der Waals surface area contributed by atoms with E-state index in [-0.39, 0.29) is 11.1 Å². The van der Waals surface area contributed by atoms with Gasteiger partial charge >= 0.3 is 0 Å². The average molecular weight is 1070 g/mol. The number of hydrogen-bond acceptors (Lipinski definition) is 3. The minimum absolute atomic E-state index is 0.111. The average Bonchev–Trinajstić information content (AvgIpc) is 4.16. The molecule has 2 aliphatic carbocycles. The molecule has 0 aliphatic heterocycles. The van der Waals surface area contributed by atoms with Gasteiger partial charge in [-0.3, -0.25) is 0 Å². The summed E-state index contributed by atoms with van der Waals surface area (Å²) in [6.07, 6.45) is 3.47. The highest BCUT2D eigenvalue weighted by Gasteiger charge is 2.50. The van der Waals surface area contributed by atoms with E-state index in [2.05, 4.69) is 13.2 Å². The maximum Gasteiger partial charge on any atom is 0.194 e. The minimum Gasteiger partial charge on any atom is -0.457 e. The van der Waals surface area contributed by atoms with Gasteiger partial charge < -0.3 is 14.4 Å². The molecule has 9 heteroatoms. The molecule has 0 amide bonds. The van der Waals surface area contributed by atoms with Crippen molar-refractivity contribution < 1.29 is 35.8 Å². The van der Waals surface area contributed by atoms with E-state index < -0.39 is 45.7 Å². The van der Waals surface area contributed by atoms with Crippen LogP contribution in [0, 0.1) is 34.9 Å². The molecule has 0 aromatic heterocycles. The third kappa shape index (κ3) is 8.06. The fourth-order valence-corrected chi connectivity index (χ4v) is 12.1. The summed E-state index contributed by atoms with van der Waals surface area (Å²) in [6.45, 7) is 7.67. The van der Waals surface area contributed by atoms with Crippen LogP contribution in [0.25, 0.3) is 34.4 Å². The molecule has 11 aromatic carbocycles. The van der Waals surface area contributed by atoms with Gasteiger partial charge in [0.05, 0.1) is 10.8 Å². The van der Waals surface area contributed by atoms with Crippen molar-refractivity contribution in [2.45, 2.75) is 10.8 Å². The number of ether oxygens (including phenoxy) is 2. The molecule has 13 rings (SSSR count). The molecule has 0 radical (unpaired) electrons. The van der Waals surface area contributed by atoms with Crippen molar-refractivity contribution in [3.63, 3.8) is 0 Å². The van der Waals surface area contributed by atoms with Gasteiger partial charge in [0.2, 0.25) is 0 Å². The summed E-state index contributed by atoms with van der Waals surface area (Å²) in [4.78, 5) is 2.01. The van der Waals surface area contributed by atoms with E-state index in [0.717, 1.165) is 45.5 Å². The van der Waals surface area contributed by atoms with Crippen molar-refractivity contribution in [1.82, 2.24) is 0 Å². The molecule has 0 saturated heterocycles. The Morgan fingerprint density at radius 1 is 0.309 bits per heavy atom. The largest absolute Gasteiger partial charge is 0.457 e. The maximum atomic E-state index is 17.1. The zero-order chi connectivity index (χ0) is 55.6. The summed E-state index contributed by atoms with van der Waals surface area (Å²) in [6, 6.07) is 70.0. The summed E-state index contributed by atoms with van der Waals surface area (Å²) >= 11 is 0. The molecule has 81 heavy (non-hydrogen) atoms. The second-order valence-electron chi connectivity index (χ2n) is 20.0. The summed E-state index contributed by atoms with van der Waals surface area (Å²) < 4.78 is 109. The predicted molar refractivity (Wildman–Crippen MR) is 309 cm³/mol. The highest BCUT2D eigenvalue weighted by molar-refractivity contribution is 5.92.